The highest BCUT2D eigenvalue weighted by atomic mass is 19.1. The highest BCUT2D eigenvalue weighted by molar-refractivity contribution is 5.85. The van der Waals surface area contributed by atoms with Gasteiger partial charge in [-0.2, -0.15) is 0 Å². The van der Waals surface area contributed by atoms with Gasteiger partial charge in [0.15, 0.2) is 0 Å². The monoisotopic (exact) mass is 282 g/mol. The number of amides is 1. The Morgan fingerprint density at radius 1 is 1.45 bits per heavy atom. The second kappa shape index (κ2) is 6.70. The van der Waals surface area contributed by atoms with Crippen molar-refractivity contribution in [2.24, 2.45) is 5.73 Å². The molecule has 0 aromatic heterocycles. The molecule has 1 unspecified atom stereocenters. The number of aryl methyl sites for hydroxylation is 1. The van der Waals surface area contributed by atoms with Gasteiger partial charge in [0.25, 0.3) is 0 Å². The van der Waals surface area contributed by atoms with Gasteiger partial charge in [-0.25, -0.2) is 9.18 Å². The van der Waals surface area contributed by atoms with Crippen LogP contribution < -0.4 is 11.1 Å². The van der Waals surface area contributed by atoms with Crippen molar-refractivity contribution in [3.05, 3.63) is 29.6 Å². The molecule has 1 rings (SSSR count). The van der Waals surface area contributed by atoms with Gasteiger partial charge in [-0.1, -0.05) is 0 Å². The Morgan fingerprint density at radius 2 is 2.10 bits per heavy atom. The summed E-state index contributed by atoms with van der Waals surface area (Å²) in [6.45, 7) is 7.25. The minimum Gasteiger partial charge on any atom is -0.444 e. The van der Waals surface area contributed by atoms with Gasteiger partial charge in [0.1, 0.15) is 11.4 Å². The van der Waals surface area contributed by atoms with E-state index in [0.29, 0.717) is 24.1 Å². The first-order chi connectivity index (χ1) is 9.17. The van der Waals surface area contributed by atoms with Gasteiger partial charge < -0.3 is 10.5 Å². The predicted octanol–water partition coefficient (Wildman–Crippen LogP) is 3.45. The number of carbonyl (C=O) groups excluding carboxylic acids is 1. The van der Waals surface area contributed by atoms with Crippen LogP contribution in [0.15, 0.2) is 18.2 Å². The second-order valence-corrected chi connectivity index (χ2v) is 5.94. The fraction of sp³-hybridized carbons (Fsp3) is 0.533. The third kappa shape index (κ3) is 6.02. The highest BCUT2D eigenvalue weighted by Crippen LogP contribution is 2.20. The molecule has 0 bridgehead atoms. The fourth-order valence-electron chi connectivity index (χ4n) is 1.69. The van der Waals surface area contributed by atoms with E-state index in [1.807, 2.05) is 6.92 Å². The lowest BCUT2D eigenvalue weighted by Gasteiger charge is -2.20. The SMILES string of the molecule is CC(N)CCc1cc(F)ccc1NC(=O)OC(C)(C)C. The van der Waals surface area contributed by atoms with Crippen molar-refractivity contribution in [3.8, 4) is 0 Å². The van der Waals surface area contributed by atoms with Crippen molar-refractivity contribution in [3.63, 3.8) is 0 Å². The molecule has 0 spiro atoms. The van der Waals surface area contributed by atoms with Crippen LogP contribution in [0, 0.1) is 5.82 Å². The van der Waals surface area contributed by atoms with E-state index in [9.17, 15) is 9.18 Å². The van der Waals surface area contributed by atoms with Crippen LogP contribution in [0.5, 0.6) is 0 Å². The molecular formula is C15H23FN2O2. The van der Waals surface area contributed by atoms with Crippen molar-refractivity contribution in [1.29, 1.82) is 0 Å². The molecule has 1 aromatic carbocycles. The van der Waals surface area contributed by atoms with E-state index in [-0.39, 0.29) is 11.9 Å². The zero-order valence-electron chi connectivity index (χ0n) is 12.5. The van der Waals surface area contributed by atoms with Crippen molar-refractivity contribution in [2.45, 2.75) is 52.2 Å². The summed E-state index contributed by atoms with van der Waals surface area (Å²) in [5.41, 5.74) is 6.41. The number of benzene rings is 1. The number of halogens is 1. The Hall–Kier alpha value is -1.62. The topological polar surface area (TPSA) is 64.3 Å². The molecular weight excluding hydrogens is 259 g/mol. The van der Waals surface area contributed by atoms with E-state index in [1.54, 1.807) is 20.8 Å². The van der Waals surface area contributed by atoms with Crippen molar-refractivity contribution in [1.82, 2.24) is 0 Å². The molecule has 3 N–H and O–H groups in total. The Morgan fingerprint density at radius 3 is 2.65 bits per heavy atom. The number of carbonyl (C=O) groups is 1. The summed E-state index contributed by atoms with van der Waals surface area (Å²) in [4.78, 5) is 11.8. The van der Waals surface area contributed by atoms with Gasteiger partial charge in [0, 0.05) is 11.7 Å². The Kier molecular flexibility index (Phi) is 5.51. The third-order valence-electron chi connectivity index (χ3n) is 2.57. The lowest BCUT2D eigenvalue weighted by atomic mass is 10.0. The van der Waals surface area contributed by atoms with Crippen LogP contribution >= 0.6 is 0 Å². The molecule has 1 aromatic rings. The average Bonchev–Trinajstić information content (AvgIpc) is 2.26. The maximum absolute atomic E-state index is 13.3. The van der Waals surface area contributed by atoms with E-state index >= 15 is 0 Å². The van der Waals surface area contributed by atoms with Gasteiger partial charge >= 0.3 is 6.09 Å². The number of hydrogen-bond donors (Lipinski definition) is 2. The lowest BCUT2D eigenvalue weighted by Crippen LogP contribution is -2.27. The first-order valence-corrected chi connectivity index (χ1v) is 6.71. The molecule has 1 amide bonds. The van der Waals surface area contributed by atoms with Crippen LogP contribution in [-0.2, 0) is 11.2 Å². The Bertz CT molecular complexity index is 467. The molecule has 112 valence electrons. The highest BCUT2D eigenvalue weighted by Gasteiger charge is 2.17. The summed E-state index contributed by atoms with van der Waals surface area (Å²) >= 11 is 0. The van der Waals surface area contributed by atoms with Crippen molar-refractivity contribution < 1.29 is 13.9 Å². The molecule has 0 saturated heterocycles. The number of nitrogens with two attached hydrogens (primary N) is 1. The molecule has 0 saturated carbocycles. The number of ether oxygens (including phenoxy) is 1. The van der Waals surface area contributed by atoms with Gasteiger partial charge in [-0.3, -0.25) is 5.32 Å². The van der Waals surface area contributed by atoms with E-state index < -0.39 is 11.7 Å². The molecule has 20 heavy (non-hydrogen) atoms. The van der Waals surface area contributed by atoms with Gasteiger partial charge in [0.05, 0.1) is 0 Å². The molecule has 0 radical (unpaired) electrons. The molecule has 1 atom stereocenters. The van der Waals surface area contributed by atoms with E-state index in [0.717, 1.165) is 0 Å². The molecule has 0 heterocycles. The lowest BCUT2D eigenvalue weighted by molar-refractivity contribution is 0.0635. The molecule has 4 nitrogen and oxygen atoms in total. The number of hydrogen-bond acceptors (Lipinski definition) is 3. The van der Waals surface area contributed by atoms with Gasteiger partial charge in [-0.15, -0.1) is 0 Å². The van der Waals surface area contributed by atoms with E-state index in [4.69, 9.17) is 10.5 Å². The smallest absolute Gasteiger partial charge is 0.412 e. The molecule has 5 heteroatoms. The maximum Gasteiger partial charge on any atom is 0.412 e. The normalized spacial score (nSPS) is 12.9. The summed E-state index contributed by atoms with van der Waals surface area (Å²) in [6.07, 6.45) is 0.763. The van der Waals surface area contributed by atoms with Crippen molar-refractivity contribution >= 4 is 11.8 Å². The van der Waals surface area contributed by atoms with E-state index in [2.05, 4.69) is 5.32 Å². The molecule has 0 aliphatic rings. The Balaban J connectivity index is 2.80. The minimum atomic E-state index is -0.573. The van der Waals surface area contributed by atoms with Gasteiger partial charge in [-0.05, 0) is 64.3 Å². The van der Waals surface area contributed by atoms with Crippen LogP contribution in [0.3, 0.4) is 0 Å². The summed E-state index contributed by atoms with van der Waals surface area (Å²) in [7, 11) is 0. The number of nitrogens with one attached hydrogen (secondary N) is 1. The van der Waals surface area contributed by atoms with Crippen molar-refractivity contribution in [2.75, 3.05) is 5.32 Å². The quantitative estimate of drug-likeness (QED) is 0.889. The van der Waals surface area contributed by atoms with Crippen LogP contribution in [0.2, 0.25) is 0 Å². The van der Waals surface area contributed by atoms with Crippen LogP contribution in [-0.4, -0.2) is 17.7 Å². The van der Waals surface area contributed by atoms with Crippen LogP contribution in [0.25, 0.3) is 0 Å². The number of anilines is 1. The third-order valence-corrected chi connectivity index (χ3v) is 2.57. The Labute approximate surface area is 119 Å². The summed E-state index contributed by atoms with van der Waals surface area (Å²) in [5.74, 6) is -0.334. The predicted molar refractivity (Wildman–Crippen MR) is 78.2 cm³/mol. The molecule has 0 fully saturated rings. The first-order valence-electron chi connectivity index (χ1n) is 6.71. The largest absolute Gasteiger partial charge is 0.444 e. The summed E-state index contributed by atoms with van der Waals surface area (Å²) in [5, 5.41) is 2.65. The molecule has 0 aliphatic carbocycles. The average molecular weight is 282 g/mol. The minimum absolute atomic E-state index is 0.0210. The maximum atomic E-state index is 13.3. The van der Waals surface area contributed by atoms with E-state index in [1.165, 1.54) is 18.2 Å². The van der Waals surface area contributed by atoms with Crippen LogP contribution in [0.4, 0.5) is 14.9 Å². The summed E-state index contributed by atoms with van der Waals surface area (Å²) in [6, 6.07) is 4.28. The zero-order chi connectivity index (χ0) is 15.3. The summed E-state index contributed by atoms with van der Waals surface area (Å²) < 4.78 is 18.5. The van der Waals surface area contributed by atoms with Crippen LogP contribution in [0.1, 0.15) is 39.7 Å². The standard InChI is InChI=1S/C15H23FN2O2/c1-10(17)5-6-11-9-12(16)7-8-13(11)18-14(19)20-15(2,3)4/h7-10H,5-6,17H2,1-4H3,(H,18,19). The first kappa shape index (κ1) is 16.4. The molecule has 0 aliphatic heterocycles. The second-order valence-electron chi connectivity index (χ2n) is 5.94. The van der Waals surface area contributed by atoms with Gasteiger partial charge in [0.2, 0.25) is 0 Å². The zero-order valence-corrected chi connectivity index (χ0v) is 12.5. The number of rotatable bonds is 4. The fourth-order valence-corrected chi connectivity index (χ4v) is 1.69.